The summed E-state index contributed by atoms with van der Waals surface area (Å²) >= 11 is 0. The van der Waals surface area contributed by atoms with Crippen LogP contribution in [0.1, 0.15) is 112 Å². The first kappa shape index (κ1) is 42.6. The van der Waals surface area contributed by atoms with E-state index in [2.05, 4.69) is 46.3 Å². The first-order chi connectivity index (χ1) is 32.6. The lowest BCUT2D eigenvalue weighted by Crippen LogP contribution is -2.68. The van der Waals surface area contributed by atoms with Crippen LogP contribution in [-0.4, -0.2) is 98.4 Å². The molecule has 0 spiro atoms. The fourth-order valence-electron chi connectivity index (χ4n) is 10.8. The van der Waals surface area contributed by atoms with Crippen molar-refractivity contribution in [2.45, 2.75) is 144 Å². The van der Waals surface area contributed by atoms with Crippen molar-refractivity contribution in [2.75, 3.05) is 10.6 Å². The number of hydrogen-bond donors (Lipinski definition) is 6. The van der Waals surface area contributed by atoms with Crippen molar-refractivity contribution in [3.63, 3.8) is 0 Å². The molecule has 6 fully saturated rings. The zero-order valence-electron chi connectivity index (χ0n) is 36.7. The number of nitrogens with one attached hydrogen (secondary N) is 6. The van der Waals surface area contributed by atoms with Crippen molar-refractivity contribution in [3.05, 3.63) is 59.4 Å². The molecule has 7 aliphatic rings. The Hall–Kier alpha value is -6.75. The number of carbonyl (C=O) groups is 2. The minimum absolute atomic E-state index is 0.0162. The lowest BCUT2D eigenvalue weighted by molar-refractivity contribution is -0.645. The molecule has 6 heterocycles. The molecule has 68 heavy (non-hydrogen) atoms. The number of fused-ring (bicyclic) bond motifs is 4. The van der Waals surface area contributed by atoms with Crippen molar-refractivity contribution in [2.24, 2.45) is 5.92 Å². The predicted molar refractivity (Wildman–Crippen MR) is 229 cm³/mol. The van der Waals surface area contributed by atoms with Gasteiger partial charge in [-0.05, 0) is 96.3 Å². The normalized spacial score (nSPS) is 27.8. The largest absolute Gasteiger partial charge is 0.574 e. The Balaban J connectivity index is 0.872. The maximum atomic E-state index is 15.9. The molecule has 13 rings (SSSR count). The van der Waals surface area contributed by atoms with Gasteiger partial charge >= 0.3 is 18.5 Å². The third-order valence-corrected chi connectivity index (χ3v) is 14.6. The number of anilines is 4. The Bertz CT molecular complexity index is 2950. The Kier molecular flexibility index (Phi) is 9.80. The van der Waals surface area contributed by atoms with E-state index in [0.29, 0.717) is 41.8 Å². The van der Waals surface area contributed by atoms with Gasteiger partial charge in [0.25, 0.3) is 17.6 Å². The molecule has 0 aliphatic heterocycles. The van der Waals surface area contributed by atoms with Crippen LogP contribution < -0.4 is 30.7 Å². The lowest BCUT2D eigenvalue weighted by Gasteiger charge is -2.61. The number of aromatic nitrogens is 10. The van der Waals surface area contributed by atoms with Crippen LogP contribution in [0.4, 0.5) is 54.9 Å². The molecule has 24 heteroatoms. The van der Waals surface area contributed by atoms with E-state index in [0.717, 1.165) is 80.8 Å². The quantitative estimate of drug-likeness (QED) is 0.0535. The maximum absolute atomic E-state index is 15.9. The Morgan fingerprint density at radius 2 is 1.74 bits per heavy atom. The van der Waals surface area contributed by atoms with E-state index >= 15 is 8.78 Å². The molecular formula is C44H48F5N14O5+. The average molecular weight is 948 g/mol. The van der Waals surface area contributed by atoms with Gasteiger partial charge in [0.05, 0.1) is 23.7 Å². The van der Waals surface area contributed by atoms with Crippen molar-refractivity contribution in [1.29, 1.82) is 0 Å². The number of aryl methyl sites for hydroxylation is 2. The molecule has 2 amide bonds. The van der Waals surface area contributed by atoms with Gasteiger partial charge in [-0.2, -0.15) is 15.2 Å². The topological polar surface area (TPSA) is 219 Å². The van der Waals surface area contributed by atoms with Crippen molar-refractivity contribution < 1.29 is 50.4 Å². The molecule has 7 aliphatic carbocycles. The number of halogens is 5. The molecule has 6 saturated carbocycles. The standard InChI is InChI=1S/C44H47F5N14O5/c1-42(8-9-42)55-40(64)67-30-13-22(12-25(30)45)27-15-33(53-38-37-24-4-2-3-5-26(24)59-62(37)11-10-50-38)63(60-27)34-16-32-52-35(68-44(47,48)49)20-61(32)39(54-34)51-31-14-28(57-58-31)23-6-7-29(36(23)46)66-41(65)56-43-17-21(18-43)19-43/h10-11,14-16,20-23,25,29-30,36H,2-9,12-13,17-19H2,1H3,(H5,50,51,52,53,54,55,56,57,58,59,60,64,65)/p+1/t21?,22-,23+,25+,29+,30-,36+,43?/m0/s1. The smallest absolute Gasteiger partial charge is 0.443 e. The number of amides is 2. The molecule has 6 aromatic rings. The van der Waals surface area contributed by atoms with Crippen LogP contribution in [0.5, 0.6) is 5.88 Å². The summed E-state index contributed by atoms with van der Waals surface area (Å²) in [4.78, 5) is 39.1. The monoisotopic (exact) mass is 947 g/mol. The van der Waals surface area contributed by atoms with E-state index in [1.807, 2.05) is 6.92 Å². The molecular weight excluding hydrogens is 900 g/mol. The van der Waals surface area contributed by atoms with Crippen LogP contribution in [0.2, 0.25) is 0 Å². The number of carbonyl (C=O) groups excluding carboxylic acids is 2. The first-order valence-electron chi connectivity index (χ1n) is 23.1. The minimum Gasteiger partial charge on any atom is -0.443 e. The molecule has 0 unspecified atom stereocenters. The third-order valence-electron chi connectivity index (χ3n) is 14.6. The first-order valence-corrected chi connectivity index (χ1v) is 23.1. The SMILES string of the molecule is CC1(NC(=O)O[C@H]2C[C@@H](c3cc(Nc4nccn5nc6c(c45)CCCC6)[n+](-c4cc5nc(OC(F)(F)F)cn5c(Nc5cc([C@H]6CC[C@@H](OC(=O)NC78CC(C7)C8)[C@@H]6F)[nH]n5)n4)[nH]3)C[C@H]2F)CC1. The number of hydrogen-bond acceptors (Lipinski definition) is 12. The average Bonchev–Trinajstić information content (AvgIpc) is 3.95. The summed E-state index contributed by atoms with van der Waals surface area (Å²) in [6, 6.07) is 4.77. The number of rotatable bonds is 12. The number of alkyl halides is 5. The summed E-state index contributed by atoms with van der Waals surface area (Å²) in [6.45, 7) is 1.90. The molecule has 6 aromatic heterocycles. The molecule has 19 nitrogen and oxygen atoms in total. The van der Waals surface area contributed by atoms with Gasteiger partial charge in [0, 0.05) is 58.7 Å². The van der Waals surface area contributed by atoms with E-state index in [-0.39, 0.29) is 47.2 Å². The summed E-state index contributed by atoms with van der Waals surface area (Å²) in [6.07, 6.45) is 1.93. The summed E-state index contributed by atoms with van der Waals surface area (Å²) < 4.78 is 92.2. The Morgan fingerprint density at radius 1 is 0.941 bits per heavy atom. The van der Waals surface area contributed by atoms with Crippen LogP contribution in [-0.2, 0) is 22.3 Å². The van der Waals surface area contributed by atoms with E-state index in [1.54, 1.807) is 33.7 Å². The zero-order valence-corrected chi connectivity index (χ0v) is 36.7. The second-order valence-corrected chi connectivity index (χ2v) is 19.7. The fourth-order valence-corrected chi connectivity index (χ4v) is 10.8. The lowest BCUT2D eigenvalue weighted by atomic mass is 9.50. The van der Waals surface area contributed by atoms with Crippen molar-refractivity contribution in [3.8, 4) is 11.7 Å². The van der Waals surface area contributed by atoms with E-state index in [9.17, 15) is 22.8 Å². The molecule has 2 bridgehead atoms. The second kappa shape index (κ2) is 15.7. The second-order valence-electron chi connectivity index (χ2n) is 19.7. The van der Waals surface area contributed by atoms with E-state index in [4.69, 9.17) is 24.5 Å². The molecule has 358 valence electrons. The van der Waals surface area contributed by atoms with Gasteiger partial charge in [0.15, 0.2) is 11.5 Å². The number of imidazole rings is 1. The summed E-state index contributed by atoms with van der Waals surface area (Å²) in [5, 5.41) is 27.6. The van der Waals surface area contributed by atoms with Crippen LogP contribution in [0.15, 0.2) is 36.8 Å². The van der Waals surface area contributed by atoms with Crippen LogP contribution in [0.3, 0.4) is 0 Å². The number of aromatic amines is 2. The zero-order chi connectivity index (χ0) is 46.7. The van der Waals surface area contributed by atoms with Crippen LogP contribution >= 0.6 is 0 Å². The Morgan fingerprint density at radius 3 is 2.51 bits per heavy atom. The molecule has 0 radical (unpaired) electrons. The third kappa shape index (κ3) is 7.93. The molecule has 0 aromatic carbocycles. The number of alkyl carbamates (subject to hydrolysis) is 2. The van der Waals surface area contributed by atoms with Crippen molar-refractivity contribution in [1.82, 2.24) is 54.9 Å². The fraction of sp³-hybridized carbons (Fsp3) is 0.545. The van der Waals surface area contributed by atoms with Gasteiger partial charge in [0.2, 0.25) is 11.7 Å². The van der Waals surface area contributed by atoms with Gasteiger partial charge in [-0.1, -0.05) is 4.98 Å². The van der Waals surface area contributed by atoms with Gasteiger partial charge < -0.3 is 24.8 Å². The summed E-state index contributed by atoms with van der Waals surface area (Å²) in [5.74, 6) is -0.209. The van der Waals surface area contributed by atoms with E-state index in [1.165, 1.54) is 10.5 Å². The highest BCUT2D eigenvalue weighted by Crippen LogP contribution is 2.57. The highest BCUT2D eigenvalue weighted by molar-refractivity contribution is 5.76. The van der Waals surface area contributed by atoms with Crippen LogP contribution in [0, 0.1) is 5.92 Å². The van der Waals surface area contributed by atoms with Gasteiger partial charge in [-0.15, -0.1) is 17.9 Å². The van der Waals surface area contributed by atoms with Gasteiger partial charge in [-0.25, -0.2) is 33.0 Å². The summed E-state index contributed by atoms with van der Waals surface area (Å²) in [7, 11) is 0. The molecule has 0 saturated heterocycles. The Labute approximate surface area is 383 Å². The van der Waals surface area contributed by atoms with Crippen LogP contribution in [0.25, 0.3) is 17.0 Å². The minimum atomic E-state index is -5.06. The summed E-state index contributed by atoms with van der Waals surface area (Å²) in [5.41, 5.74) is 3.19. The van der Waals surface area contributed by atoms with Crippen molar-refractivity contribution >= 4 is 46.8 Å². The molecule has 6 N–H and O–H groups in total. The highest BCUT2D eigenvalue weighted by Gasteiger charge is 2.58. The number of nitrogens with zero attached hydrogens (tertiary/aromatic N) is 8. The van der Waals surface area contributed by atoms with E-state index < -0.39 is 60.8 Å². The number of H-pyrrole nitrogens is 2. The highest BCUT2D eigenvalue weighted by atomic mass is 19.4. The van der Waals surface area contributed by atoms with Gasteiger partial charge in [0.1, 0.15) is 30.1 Å². The number of ether oxygens (including phenoxy) is 3. The predicted octanol–water partition coefficient (Wildman–Crippen LogP) is 7.09. The van der Waals surface area contributed by atoms with Gasteiger partial charge in [-0.3, -0.25) is 20.1 Å². The molecule has 6 atom stereocenters. The maximum Gasteiger partial charge on any atom is 0.574 e.